The summed E-state index contributed by atoms with van der Waals surface area (Å²) in [5.74, 6) is 0.0925. The number of hydrogen-bond acceptors (Lipinski definition) is 3. The number of nitrogens with zero attached hydrogens (tertiary/aromatic N) is 1. The van der Waals surface area contributed by atoms with Crippen LogP contribution < -0.4 is 10.6 Å². The minimum atomic E-state index is -0.0241. The second-order valence-electron chi connectivity index (χ2n) is 4.53. The number of nitrogens with one attached hydrogen (secondary N) is 2. The van der Waals surface area contributed by atoms with Crippen molar-refractivity contribution >= 4 is 24.2 Å². The molecule has 1 unspecified atom stereocenters. The summed E-state index contributed by atoms with van der Waals surface area (Å²) in [5, 5.41) is 6.15. The fraction of sp³-hybridized carbons (Fsp3) is 0.818. The first-order chi connectivity index (χ1) is 7.75. The van der Waals surface area contributed by atoms with Crippen LogP contribution in [0.15, 0.2) is 0 Å². The first kappa shape index (κ1) is 14.3. The lowest BCUT2D eigenvalue weighted by atomic mass is 10.1. The quantitative estimate of drug-likeness (QED) is 0.746. The number of piperidine rings is 1. The van der Waals surface area contributed by atoms with Crippen molar-refractivity contribution in [2.75, 3.05) is 26.2 Å². The molecule has 17 heavy (non-hydrogen) atoms. The van der Waals surface area contributed by atoms with Gasteiger partial charge in [0, 0.05) is 25.6 Å². The van der Waals surface area contributed by atoms with Crippen LogP contribution in [0.5, 0.6) is 0 Å². The molecule has 2 rings (SSSR count). The van der Waals surface area contributed by atoms with Crippen LogP contribution in [0.3, 0.4) is 0 Å². The Morgan fingerprint density at radius 1 is 1.47 bits per heavy atom. The standard InChI is InChI=1S/C11H19N3O2.ClH/c15-10(13-9-4-5-12-7-9)8-14-6-2-1-3-11(14)16;/h9,12H,1-8H2,(H,13,15);1H. The summed E-state index contributed by atoms with van der Waals surface area (Å²) >= 11 is 0. The van der Waals surface area contributed by atoms with E-state index in [1.807, 2.05) is 0 Å². The van der Waals surface area contributed by atoms with Crippen LogP contribution >= 0.6 is 12.4 Å². The van der Waals surface area contributed by atoms with Crippen molar-refractivity contribution in [2.45, 2.75) is 31.7 Å². The number of amides is 2. The van der Waals surface area contributed by atoms with E-state index in [0.717, 1.165) is 38.9 Å². The van der Waals surface area contributed by atoms with Gasteiger partial charge in [0.15, 0.2) is 0 Å². The molecular weight excluding hydrogens is 242 g/mol. The molecule has 0 bridgehead atoms. The molecule has 0 radical (unpaired) electrons. The number of likely N-dealkylation sites (tertiary alicyclic amines) is 1. The van der Waals surface area contributed by atoms with Gasteiger partial charge in [-0.3, -0.25) is 9.59 Å². The average molecular weight is 262 g/mol. The van der Waals surface area contributed by atoms with Crippen molar-refractivity contribution in [3.05, 3.63) is 0 Å². The van der Waals surface area contributed by atoms with E-state index in [0.29, 0.717) is 6.42 Å². The molecule has 6 heteroatoms. The summed E-state index contributed by atoms with van der Waals surface area (Å²) in [4.78, 5) is 24.8. The van der Waals surface area contributed by atoms with Gasteiger partial charge in [-0.1, -0.05) is 0 Å². The smallest absolute Gasteiger partial charge is 0.239 e. The molecule has 2 amide bonds. The van der Waals surface area contributed by atoms with Gasteiger partial charge in [-0.25, -0.2) is 0 Å². The van der Waals surface area contributed by atoms with Crippen LogP contribution in [0.1, 0.15) is 25.7 Å². The molecule has 98 valence electrons. The zero-order valence-corrected chi connectivity index (χ0v) is 10.7. The highest BCUT2D eigenvalue weighted by atomic mass is 35.5. The SMILES string of the molecule is Cl.O=C(CN1CCCCC1=O)NC1CCNC1. The Morgan fingerprint density at radius 2 is 2.29 bits per heavy atom. The fourth-order valence-electron chi connectivity index (χ4n) is 2.25. The molecule has 0 aromatic rings. The van der Waals surface area contributed by atoms with Crippen molar-refractivity contribution in [1.82, 2.24) is 15.5 Å². The van der Waals surface area contributed by atoms with E-state index in [-0.39, 0.29) is 36.8 Å². The van der Waals surface area contributed by atoms with Crippen molar-refractivity contribution in [1.29, 1.82) is 0 Å². The monoisotopic (exact) mass is 261 g/mol. The van der Waals surface area contributed by atoms with Crippen molar-refractivity contribution < 1.29 is 9.59 Å². The fourth-order valence-corrected chi connectivity index (χ4v) is 2.25. The number of halogens is 1. The third kappa shape index (κ3) is 4.16. The minimum Gasteiger partial charge on any atom is -0.351 e. The van der Waals surface area contributed by atoms with E-state index in [1.54, 1.807) is 4.90 Å². The highest BCUT2D eigenvalue weighted by Crippen LogP contribution is 2.09. The Morgan fingerprint density at radius 3 is 2.94 bits per heavy atom. The van der Waals surface area contributed by atoms with Gasteiger partial charge < -0.3 is 15.5 Å². The topological polar surface area (TPSA) is 61.4 Å². The second-order valence-corrected chi connectivity index (χ2v) is 4.53. The predicted octanol–water partition coefficient (Wildman–Crippen LogP) is -0.101. The maximum atomic E-state index is 11.7. The Balaban J connectivity index is 0.00000144. The van der Waals surface area contributed by atoms with E-state index in [2.05, 4.69) is 10.6 Å². The summed E-state index contributed by atoms with van der Waals surface area (Å²) in [6.07, 6.45) is 3.56. The van der Waals surface area contributed by atoms with Crippen LogP contribution in [0.4, 0.5) is 0 Å². The van der Waals surface area contributed by atoms with Gasteiger partial charge in [0.05, 0.1) is 6.54 Å². The molecule has 2 saturated heterocycles. The lowest BCUT2D eigenvalue weighted by Crippen LogP contribution is -2.46. The van der Waals surface area contributed by atoms with E-state index >= 15 is 0 Å². The van der Waals surface area contributed by atoms with E-state index < -0.39 is 0 Å². The van der Waals surface area contributed by atoms with Gasteiger partial charge in [-0.05, 0) is 25.8 Å². The molecule has 2 aliphatic heterocycles. The molecule has 1 atom stereocenters. The normalized spacial score (nSPS) is 24.4. The maximum absolute atomic E-state index is 11.7. The zero-order valence-electron chi connectivity index (χ0n) is 9.91. The summed E-state index contributed by atoms with van der Waals surface area (Å²) in [5.41, 5.74) is 0. The Bertz CT molecular complexity index is 280. The summed E-state index contributed by atoms with van der Waals surface area (Å²) < 4.78 is 0. The van der Waals surface area contributed by atoms with Gasteiger partial charge in [-0.2, -0.15) is 0 Å². The Kier molecular flexibility index (Phi) is 5.71. The van der Waals surface area contributed by atoms with Crippen LogP contribution in [0, 0.1) is 0 Å². The number of carbonyl (C=O) groups excluding carboxylic acids is 2. The second kappa shape index (κ2) is 6.81. The Labute approximate surface area is 108 Å². The van der Waals surface area contributed by atoms with Crippen LogP contribution in [-0.4, -0.2) is 48.9 Å². The first-order valence-electron chi connectivity index (χ1n) is 6.03. The van der Waals surface area contributed by atoms with Gasteiger partial charge >= 0.3 is 0 Å². The first-order valence-corrected chi connectivity index (χ1v) is 6.03. The van der Waals surface area contributed by atoms with Gasteiger partial charge in [0.1, 0.15) is 0 Å². The highest BCUT2D eigenvalue weighted by molar-refractivity contribution is 5.85. The molecule has 0 aromatic heterocycles. The average Bonchev–Trinajstić information content (AvgIpc) is 2.74. The summed E-state index contributed by atoms with van der Waals surface area (Å²) in [6, 6.07) is 0.243. The molecule has 5 nitrogen and oxygen atoms in total. The molecule has 2 N–H and O–H groups in total. The highest BCUT2D eigenvalue weighted by Gasteiger charge is 2.22. The number of carbonyl (C=O) groups is 2. The van der Waals surface area contributed by atoms with E-state index in [4.69, 9.17) is 0 Å². The molecule has 0 aliphatic carbocycles. The van der Waals surface area contributed by atoms with Crippen LogP contribution in [-0.2, 0) is 9.59 Å². The molecule has 2 fully saturated rings. The minimum absolute atomic E-state index is 0. The van der Waals surface area contributed by atoms with Gasteiger partial charge in [0.2, 0.25) is 11.8 Å². The van der Waals surface area contributed by atoms with E-state index in [1.165, 1.54) is 0 Å². The van der Waals surface area contributed by atoms with E-state index in [9.17, 15) is 9.59 Å². The molecule has 2 aliphatic rings. The largest absolute Gasteiger partial charge is 0.351 e. The van der Waals surface area contributed by atoms with Crippen LogP contribution in [0.2, 0.25) is 0 Å². The third-order valence-electron chi connectivity index (χ3n) is 3.18. The van der Waals surface area contributed by atoms with Gasteiger partial charge in [0.25, 0.3) is 0 Å². The molecule has 0 spiro atoms. The van der Waals surface area contributed by atoms with Crippen molar-refractivity contribution in [3.8, 4) is 0 Å². The van der Waals surface area contributed by atoms with Crippen LogP contribution in [0.25, 0.3) is 0 Å². The predicted molar refractivity (Wildman–Crippen MR) is 67.1 cm³/mol. The van der Waals surface area contributed by atoms with Gasteiger partial charge in [-0.15, -0.1) is 12.4 Å². The Hall–Kier alpha value is -0.810. The third-order valence-corrected chi connectivity index (χ3v) is 3.18. The van der Waals surface area contributed by atoms with Crippen molar-refractivity contribution in [2.24, 2.45) is 0 Å². The summed E-state index contributed by atoms with van der Waals surface area (Å²) in [7, 11) is 0. The molecular formula is C11H20ClN3O2. The lowest BCUT2D eigenvalue weighted by Gasteiger charge is -2.26. The number of rotatable bonds is 3. The summed E-state index contributed by atoms with van der Waals surface area (Å²) in [6.45, 7) is 2.78. The number of hydrogen-bond donors (Lipinski definition) is 2. The molecule has 2 heterocycles. The maximum Gasteiger partial charge on any atom is 0.239 e. The molecule has 0 aromatic carbocycles. The lowest BCUT2D eigenvalue weighted by molar-refractivity contribution is -0.138. The molecule has 0 saturated carbocycles. The zero-order chi connectivity index (χ0) is 11.4. The van der Waals surface area contributed by atoms with Crippen molar-refractivity contribution in [3.63, 3.8) is 0 Å².